The van der Waals surface area contributed by atoms with Gasteiger partial charge in [-0.15, -0.1) is 6.42 Å². The summed E-state index contributed by atoms with van der Waals surface area (Å²) >= 11 is 5.72. The normalized spacial score (nSPS) is 11.5. The van der Waals surface area contributed by atoms with E-state index in [0.29, 0.717) is 5.02 Å². The Kier molecular flexibility index (Phi) is 3.59. The van der Waals surface area contributed by atoms with Crippen LogP contribution in [0.5, 0.6) is 5.75 Å². The van der Waals surface area contributed by atoms with Crippen molar-refractivity contribution in [2.75, 3.05) is 0 Å². The topological polar surface area (TPSA) is 46.5 Å². The molecule has 1 unspecified atom stereocenters. The third-order valence-electron chi connectivity index (χ3n) is 1.71. The van der Waals surface area contributed by atoms with Crippen molar-refractivity contribution in [1.29, 1.82) is 0 Å². The standard InChI is InChI=1S/C11H9ClO3/c1-3-7(2)15-10-6-8(12)4-5-9(10)11(13)14/h1,4-7H,2H3,(H,13,14). The lowest BCUT2D eigenvalue weighted by Crippen LogP contribution is -2.11. The van der Waals surface area contributed by atoms with Gasteiger partial charge in [0.1, 0.15) is 11.3 Å². The average Bonchev–Trinajstić information content (AvgIpc) is 2.17. The third kappa shape index (κ3) is 2.90. The summed E-state index contributed by atoms with van der Waals surface area (Å²) in [5, 5.41) is 9.27. The van der Waals surface area contributed by atoms with Gasteiger partial charge in [0.05, 0.1) is 0 Å². The van der Waals surface area contributed by atoms with Crippen molar-refractivity contribution in [1.82, 2.24) is 0 Å². The summed E-state index contributed by atoms with van der Waals surface area (Å²) in [4.78, 5) is 10.8. The molecule has 0 saturated carbocycles. The molecule has 1 aromatic rings. The number of benzene rings is 1. The molecule has 4 heteroatoms. The Morgan fingerprint density at radius 3 is 2.87 bits per heavy atom. The number of carboxylic acid groups (broad SMARTS) is 1. The molecule has 0 bridgehead atoms. The van der Waals surface area contributed by atoms with E-state index in [1.54, 1.807) is 6.92 Å². The second-order valence-electron chi connectivity index (χ2n) is 2.87. The lowest BCUT2D eigenvalue weighted by molar-refractivity contribution is 0.0691. The van der Waals surface area contributed by atoms with Crippen LogP contribution in [0.15, 0.2) is 18.2 Å². The van der Waals surface area contributed by atoms with E-state index in [4.69, 9.17) is 27.9 Å². The zero-order valence-electron chi connectivity index (χ0n) is 8.03. The SMILES string of the molecule is C#CC(C)Oc1cc(Cl)ccc1C(=O)O. The Labute approximate surface area is 92.6 Å². The molecule has 0 radical (unpaired) electrons. The first kappa shape index (κ1) is 11.4. The number of rotatable bonds is 3. The van der Waals surface area contributed by atoms with E-state index in [1.165, 1.54) is 18.2 Å². The van der Waals surface area contributed by atoms with Gasteiger partial charge in [-0.3, -0.25) is 0 Å². The summed E-state index contributed by atoms with van der Waals surface area (Å²) in [5.41, 5.74) is 0.0431. The molecule has 15 heavy (non-hydrogen) atoms. The third-order valence-corrected chi connectivity index (χ3v) is 1.95. The van der Waals surface area contributed by atoms with Crippen LogP contribution >= 0.6 is 11.6 Å². The molecule has 1 rings (SSSR count). The minimum absolute atomic E-state index is 0.0431. The molecule has 1 N–H and O–H groups in total. The van der Waals surface area contributed by atoms with Crippen molar-refractivity contribution in [2.24, 2.45) is 0 Å². The number of hydrogen-bond donors (Lipinski definition) is 1. The van der Waals surface area contributed by atoms with Crippen LogP contribution < -0.4 is 4.74 Å². The minimum atomic E-state index is -1.08. The first-order valence-electron chi connectivity index (χ1n) is 4.20. The second kappa shape index (κ2) is 4.72. The summed E-state index contributed by atoms with van der Waals surface area (Å²) in [6.45, 7) is 1.65. The predicted molar refractivity (Wildman–Crippen MR) is 57.3 cm³/mol. The number of ether oxygens (including phenoxy) is 1. The summed E-state index contributed by atoms with van der Waals surface area (Å²) in [5.74, 6) is 1.44. The fourth-order valence-electron chi connectivity index (χ4n) is 0.995. The first-order chi connectivity index (χ1) is 7.04. The number of halogens is 1. The zero-order chi connectivity index (χ0) is 11.4. The molecule has 0 aliphatic carbocycles. The zero-order valence-corrected chi connectivity index (χ0v) is 8.78. The molecule has 0 saturated heterocycles. The molecule has 3 nitrogen and oxygen atoms in total. The van der Waals surface area contributed by atoms with Crippen molar-refractivity contribution >= 4 is 17.6 Å². The Hall–Kier alpha value is -1.66. The van der Waals surface area contributed by atoms with E-state index < -0.39 is 12.1 Å². The molecule has 0 heterocycles. The van der Waals surface area contributed by atoms with Crippen LogP contribution in [0, 0.1) is 12.3 Å². The van der Waals surface area contributed by atoms with Gasteiger partial charge in [0.2, 0.25) is 0 Å². The molecule has 0 aliphatic rings. The molecular formula is C11H9ClO3. The summed E-state index contributed by atoms with van der Waals surface area (Å²) < 4.78 is 5.24. The molecule has 0 aromatic heterocycles. The van der Waals surface area contributed by atoms with Gasteiger partial charge in [-0.05, 0) is 25.1 Å². The van der Waals surface area contributed by atoms with Crippen LogP contribution in [0.3, 0.4) is 0 Å². The van der Waals surface area contributed by atoms with Gasteiger partial charge in [-0.25, -0.2) is 4.79 Å². The second-order valence-corrected chi connectivity index (χ2v) is 3.31. The predicted octanol–water partition coefficient (Wildman–Crippen LogP) is 2.44. The Bertz CT molecular complexity index is 420. The Morgan fingerprint density at radius 1 is 1.67 bits per heavy atom. The number of hydrogen-bond acceptors (Lipinski definition) is 2. The number of carbonyl (C=O) groups is 1. The Morgan fingerprint density at radius 2 is 2.33 bits per heavy atom. The van der Waals surface area contributed by atoms with E-state index in [9.17, 15) is 4.79 Å². The van der Waals surface area contributed by atoms with Crippen LogP contribution in [0.2, 0.25) is 5.02 Å². The fourth-order valence-corrected chi connectivity index (χ4v) is 1.16. The van der Waals surface area contributed by atoms with E-state index in [0.717, 1.165) is 0 Å². The van der Waals surface area contributed by atoms with Gasteiger partial charge in [-0.1, -0.05) is 17.5 Å². The van der Waals surface area contributed by atoms with Crippen LogP contribution in [-0.4, -0.2) is 17.2 Å². The van der Waals surface area contributed by atoms with E-state index in [2.05, 4.69) is 5.92 Å². The number of terminal acetylenes is 1. The first-order valence-corrected chi connectivity index (χ1v) is 4.58. The fraction of sp³-hybridized carbons (Fsp3) is 0.182. The van der Waals surface area contributed by atoms with Crippen molar-refractivity contribution in [3.63, 3.8) is 0 Å². The van der Waals surface area contributed by atoms with Crippen LogP contribution in [0.25, 0.3) is 0 Å². The van der Waals surface area contributed by atoms with Crippen LogP contribution in [0.4, 0.5) is 0 Å². The average molecular weight is 225 g/mol. The molecule has 0 spiro atoms. The molecule has 1 atom stereocenters. The number of carboxylic acids is 1. The van der Waals surface area contributed by atoms with Crippen molar-refractivity contribution in [3.8, 4) is 18.1 Å². The maximum absolute atomic E-state index is 10.8. The summed E-state index contributed by atoms with van der Waals surface area (Å²) in [6.07, 6.45) is 4.63. The Balaban J connectivity index is 3.08. The smallest absolute Gasteiger partial charge is 0.339 e. The monoisotopic (exact) mass is 224 g/mol. The van der Waals surface area contributed by atoms with Crippen LogP contribution in [0.1, 0.15) is 17.3 Å². The van der Waals surface area contributed by atoms with Crippen LogP contribution in [-0.2, 0) is 0 Å². The lowest BCUT2D eigenvalue weighted by atomic mass is 10.2. The molecule has 78 valence electrons. The number of aromatic carboxylic acids is 1. The highest BCUT2D eigenvalue weighted by Gasteiger charge is 2.13. The highest BCUT2D eigenvalue weighted by molar-refractivity contribution is 6.30. The maximum atomic E-state index is 10.8. The molecule has 0 amide bonds. The van der Waals surface area contributed by atoms with Crippen molar-refractivity contribution in [2.45, 2.75) is 13.0 Å². The van der Waals surface area contributed by atoms with Crippen molar-refractivity contribution < 1.29 is 14.6 Å². The van der Waals surface area contributed by atoms with E-state index >= 15 is 0 Å². The van der Waals surface area contributed by atoms with Gasteiger partial charge in [0.25, 0.3) is 0 Å². The highest BCUT2D eigenvalue weighted by Crippen LogP contribution is 2.24. The minimum Gasteiger partial charge on any atom is -0.478 e. The molecule has 1 aromatic carbocycles. The molecule has 0 fully saturated rings. The largest absolute Gasteiger partial charge is 0.478 e. The van der Waals surface area contributed by atoms with E-state index in [-0.39, 0.29) is 11.3 Å². The van der Waals surface area contributed by atoms with Gasteiger partial charge in [0, 0.05) is 5.02 Å². The van der Waals surface area contributed by atoms with Crippen molar-refractivity contribution in [3.05, 3.63) is 28.8 Å². The maximum Gasteiger partial charge on any atom is 0.339 e. The van der Waals surface area contributed by atoms with Gasteiger partial charge < -0.3 is 9.84 Å². The van der Waals surface area contributed by atoms with Gasteiger partial charge in [-0.2, -0.15) is 0 Å². The molecular weight excluding hydrogens is 216 g/mol. The lowest BCUT2D eigenvalue weighted by Gasteiger charge is -2.11. The van der Waals surface area contributed by atoms with E-state index in [1.807, 2.05) is 0 Å². The summed E-state index contributed by atoms with van der Waals surface area (Å²) in [7, 11) is 0. The quantitative estimate of drug-likeness (QED) is 0.803. The highest BCUT2D eigenvalue weighted by atomic mass is 35.5. The van der Waals surface area contributed by atoms with Gasteiger partial charge in [0.15, 0.2) is 6.10 Å². The van der Waals surface area contributed by atoms with Gasteiger partial charge >= 0.3 is 5.97 Å². The summed E-state index contributed by atoms with van der Waals surface area (Å²) in [6, 6.07) is 4.29. The molecule has 0 aliphatic heterocycles.